The van der Waals surface area contributed by atoms with E-state index in [1.54, 1.807) is 32.9 Å². The van der Waals surface area contributed by atoms with Crippen LogP contribution in [0.2, 0.25) is 0 Å². The molecule has 0 saturated heterocycles. The van der Waals surface area contributed by atoms with Crippen LogP contribution < -0.4 is 15.4 Å². The second-order valence-electron chi connectivity index (χ2n) is 9.68. The molecule has 0 radical (unpaired) electrons. The summed E-state index contributed by atoms with van der Waals surface area (Å²) in [5.41, 5.74) is 2.58. The molecule has 1 aliphatic heterocycles. The molecule has 0 unspecified atom stereocenters. The summed E-state index contributed by atoms with van der Waals surface area (Å²) in [5.74, 6) is -0.590. The third-order valence-electron chi connectivity index (χ3n) is 5.69. The van der Waals surface area contributed by atoms with E-state index in [-0.39, 0.29) is 17.7 Å². The zero-order chi connectivity index (χ0) is 26.8. The van der Waals surface area contributed by atoms with Crippen molar-refractivity contribution in [3.05, 3.63) is 52.9 Å². The fourth-order valence-corrected chi connectivity index (χ4v) is 4.96. The second-order valence-corrected chi connectivity index (χ2v) is 10.5. The van der Waals surface area contributed by atoms with Crippen LogP contribution in [0.4, 0.5) is 18.0 Å². The number of benzene rings is 1. The molecule has 2 N–H and O–H groups in total. The lowest BCUT2D eigenvalue weighted by atomic mass is 10.0. The maximum Gasteiger partial charge on any atom is 0.573 e. The molecule has 37 heavy (non-hydrogen) atoms. The highest BCUT2D eigenvalue weighted by Gasteiger charge is 2.33. The highest BCUT2D eigenvalue weighted by atomic mass is 32.1. The molecule has 1 atom stereocenters. The standard InChI is InChI=1S/C26H28F3N3O4S/c1-25(2,3)36-24(34)30-10-5-7-18-14-31-23(33)21-13-20(22(32(18)21)17-9-11-37-15-17)16-6-4-8-19(12-16)35-26(27,28)29/h4,6,8-9,11-13,15,18H,5,7,10,14H2,1-3H3,(H,30,34)(H,31,33)/t18-/m0/s1. The number of hydrogen-bond acceptors (Lipinski definition) is 5. The van der Waals surface area contributed by atoms with Crippen LogP contribution in [-0.4, -0.2) is 41.6 Å². The van der Waals surface area contributed by atoms with Crippen molar-refractivity contribution < 1.29 is 32.2 Å². The Hall–Kier alpha value is -3.47. The smallest absolute Gasteiger partial charge is 0.444 e. The summed E-state index contributed by atoms with van der Waals surface area (Å²) in [6.07, 6.45) is -4.03. The Morgan fingerprint density at radius 1 is 1.19 bits per heavy atom. The van der Waals surface area contributed by atoms with Crippen molar-refractivity contribution in [3.8, 4) is 28.1 Å². The van der Waals surface area contributed by atoms with Gasteiger partial charge in [-0.25, -0.2) is 4.79 Å². The van der Waals surface area contributed by atoms with E-state index in [1.807, 2.05) is 21.4 Å². The van der Waals surface area contributed by atoms with Gasteiger partial charge in [0.15, 0.2) is 0 Å². The van der Waals surface area contributed by atoms with Crippen molar-refractivity contribution in [1.82, 2.24) is 15.2 Å². The number of aromatic nitrogens is 1. The van der Waals surface area contributed by atoms with E-state index in [9.17, 15) is 22.8 Å². The normalized spacial score (nSPS) is 15.6. The monoisotopic (exact) mass is 535 g/mol. The lowest BCUT2D eigenvalue weighted by Gasteiger charge is -2.29. The second kappa shape index (κ2) is 10.5. The first kappa shape index (κ1) is 26.6. The predicted molar refractivity (Wildman–Crippen MR) is 135 cm³/mol. The van der Waals surface area contributed by atoms with Crippen molar-refractivity contribution in [2.75, 3.05) is 13.1 Å². The highest BCUT2D eigenvalue weighted by molar-refractivity contribution is 7.08. The molecule has 0 spiro atoms. The van der Waals surface area contributed by atoms with Crippen LogP contribution in [0.5, 0.6) is 5.75 Å². The molecule has 4 rings (SSSR count). The number of halogens is 3. The Kier molecular flexibility index (Phi) is 7.54. The molecule has 0 fully saturated rings. The van der Waals surface area contributed by atoms with Crippen LogP contribution in [0.1, 0.15) is 50.1 Å². The van der Waals surface area contributed by atoms with E-state index < -0.39 is 18.1 Å². The Labute approximate surface area is 216 Å². The van der Waals surface area contributed by atoms with E-state index in [0.29, 0.717) is 42.8 Å². The largest absolute Gasteiger partial charge is 0.573 e. The van der Waals surface area contributed by atoms with Gasteiger partial charge >= 0.3 is 12.5 Å². The molecule has 1 aromatic carbocycles. The lowest BCUT2D eigenvalue weighted by molar-refractivity contribution is -0.274. The number of thiophene rings is 1. The number of alkyl carbamates (subject to hydrolysis) is 1. The van der Waals surface area contributed by atoms with Gasteiger partial charge in [0.2, 0.25) is 0 Å². The Bertz CT molecular complexity index is 1260. The van der Waals surface area contributed by atoms with E-state index in [4.69, 9.17) is 4.74 Å². The van der Waals surface area contributed by atoms with Crippen LogP contribution in [0.15, 0.2) is 47.2 Å². The summed E-state index contributed by atoms with van der Waals surface area (Å²) >= 11 is 1.49. The SMILES string of the molecule is CC(C)(C)OC(=O)NCCC[C@H]1CNC(=O)c2cc(-c3cccc(OC(F)(F)F)c3)c(-c3ccsc3)n21. The fourth-order valence-electron chi connectivity index (χ4n) is 4.32. The number of ether oxygens (including phenoxy) is 2. The molecule has 198 valence electrons. The van der Waals surface area contributed by atoms with E-state index in [1.165, 1.54) is 29.5 Å². The van der Waals surface area contributed by atoms with Crippen LogP contribution in [0.3, 0.4) is 0 Å². The third kappa shape index (κ3) is 6.65. The van der Waals surface area contributed by atoms with Gasteiger partial charge in [-0.1, -0.05) is 12.1 Å². The van der Waals surface area contributed by atoms with Crippen LogP contribution in [-0.2, 0) is 4.74 Å². The number of alkyl halides is 3. The Morgan fingerprint density at radius 3 is 2.65 bits per heavy atom. The number of amides is 2. The zero-order valence-electron chi connectivity index (χ0n) is 20.6. The van der Waals surface area contributed by atoms with E-state index in [2.05, 4.69) is 15.4 Å². The van der Waals surface area contributed by atoms with Gasteiger partial charge < -0.3 is 24.7 Å². The Balaban J connectivity index is 1.64. The van der Waals surface area contributed by atoms with Gasteiger partial charge in [-0.3, -0.25) is 4.79 Å². The molecule has 2 aromatic heterocycles. The molecule has 2 amide bonds. The number of fused-ring (bicyclic) bond motifs is 1. The summed E-state index contributed by atoms with van der Waals surface area (Å²) in [5, 5.41) is 9.50. The molecule has 11 heteroatoms. The predicted octanol–water partition coefficient (Wildman–Crippen LogP) is 6.37. The first-order chi connectivity index (χ1) is 17.4. The summed E-state index contributed by atoms with van der Waals surface area (Å²) < 4.78 is 49.9. The van der Waals surface area contributed by atoms with Gasteiger partial charge in [0.05, 0.1) is 11.7 Å². The van der Waals surface area contributed by atoms with Crippen molar-refractivity contribution in [3.63, 3.8) is 0 Å². The van der Waals surface area contributed by atoms with E-state index in [0.717, 1.165) is 11.3 Å². The first-order valence-electron chi connectivity index (χ1n) is 11.8. The number of carbonyl (C=O) groups excluding carboxylic acids is 2. The fraction of sp³-hybridized carbons (Fsp3) is 0.385. The van der Waals surface area contributed by atoms with Gasteiger partial charge in [0.1, 0.15) is 17.0 Å². The third-order valence-corrected chi connectivity index (χ3v) is 6.37. The molecule has 0 aliphatic carbocycles. The van der Waals surface area contributed by atoms with Crippen LogP contribution >= 0.6 is 11.3 Å². The van der Waals surface area contributed by atoms with Gasteiger partial charge in [0.25, 0.3) is 5.91 Å². The molecule has 1 aliphatic rings. The minimum Gasteiger partial charge on any atom is -0.444 e. The Morgan fingerprint density at radius 2 is 1.97 bits per heavy atom. The quantitative estimate of drug-likeness (QED) is 0.345. The number of nitrogens with zero attached hydrogens (tertiary/aromatic N) is 1. The van der Waals surface area contributed by atoms with Gasteiger partial charge in [-0.2, -0.15) is 11.3 Å². The van der Waals surface area contributed by atoms with Crippen molar-refractivity contribution in [2.45, 2.75) is 51.6 Å². The molecule has 3 aromatic rings. The number of rotatable bonds is 7. The first-order valence-corrected chi connectivity index (χ1v) is 12.7. The molecule has 3 heterocycles. The highest BCUT2D eigenvalue weighted by Crippen LogP contribution is 2.41. The molecule has 0 saturated carbocycles. The maximum atomic E-state index is 12.8. The minimum atomic E-state index is -4.81. The number of hydrogen-bond donors (Lipinski definition) is 2. The molecule has 7 nitrogen and oxygen atoms in total. The molecular formula is C26H28F3N3O4S. The topological polar surface area (TPSA) is 81.6 Å². The minimum absolute atomic E-state index is 0.119. The van der Waals surface area contributed by atoms with Crippen LogP contribution in [0.25, 0.3) is 22.4 Å². The van der Waals surface area contributed by atoms with Gasteiger partial charge in [-0.15, -0.1) is 13.2 Å². The summed E-state index contributed by atoms with van der Waals surface area (Å²) in [6.45, 7) is 6.16. The van der Waals surface area contributed by atoms with Crippen LogP contribution in [0, 0.1) is 0 Å². The molecular weight excluding hydrogens is 507 g/mol. The molecule has 0 bridgehead atoms. The van der Waals surface area contributed by atoms with Gasteiger partial charge in [-0.05, 0) is 68.8 Å². The maximum absolute atomic E-state index is 12.8. The average molecular weight is 536 g/mol. The summed E-state index contributed by atoms with van der Waals surface area (Å²) in [4.78, 5) is 24.8. The summed E-state index contributed by atoms with van der Waals surface area (Å²) in [6, 6.07) is 9.25. The van der Waals surface area contributed by atoms with Crippen molar-refractivity contribution in [1.29, 1.82) is 0 Å². The van der Waals surface area contributed by atoms with Crippen molar-refractivity contribution >= 4 is 23.3 Å². The number of nitrogens with one attached hydrogen (secondary N) is 2. The van der Waals surface area contributed by atoms with Crippen molar-refractivity contribution in [2.24, 2.45) is 0 Å². The van der Waals surface area contributed by atoms with E-state index >= 15 is 0 Å². The lowest BCUT2D eigenvalue weighted by Crippen LogP contribution is -2.39. The average Bonchev–Trinajstić information content (AvgIpc) is 3.44. The van der Waals surface area contributed by atoms with Gasteiger partial charge in [0, 0.05) is 29.6 Å². The zero-order valence-corrected chi connectivity index (χ0v) is 21.5. The number of carbonyl (C=O) groups is 2. The summed E-state index contributed by atoms with van der Waals surface area (Å²) in [7, 11) is 0.